The fraction of sp³-hybridized carbons (Fsp3) is 0.469. The van der Waals surface area contributed by atoms with E-state index in [4.69, 9.17) is 4.98 Å². The molecule has 0 spiro atoms. The minimum Gasteiger partial charge on any atom is -0.339 e. The first-order chi connectivity index (χ1) is 18.6. The van der Waals surface area contributed by atoms with Crippen molar-refractivity contribution in [3.05, 3.63) is 77.6 Å². The van der Waals surface area contributed by atoms with Gasteiger partial charge in [-0.1, -0.05) is 48.5 Å². The number of benzene rings is 2. The van der Waals surface area contributed by atoms with Crippen molar-refractivity contribution in [2.75, 3.05) is 66.5 Å². The van der Waals surface area contributed by atoms with Crippen molar-refractivity contribution in [1.82, 2.24) is 29.2 Å². The van der Waals surface area contributed by atoms with Gasteiger partial charge in [-0.05, 0) is 44.6 Å². The van der Waals surface area contributed by atoms with Gasteiger partial charge in [-0.25, -0.2) is 0 Å². The molecule has 2 aliphatic heterocycles. The van der Waals surface area contributed by atoms with Crippen LogP contribution in [0.15, 0.2) is 60.7 Å². The van der Waals surface area contributed by atoms with Gasteiger partial charge in [0.1, 0.15) is 0 Å². The number of hydrogen-bond acceptors (Lipinski definition) is 5. The summed E-state index contributed by atoms with van der Waals surface area (Å²) in [7, 11) is 4.46. The highest BCUT2D eigenvalue weighted by molar-refractivity contribution is 6.08. The zero-order valence-electron chi connectivity index (χ0n) is 23.1. The SMILES string of the molecule is CN1CCN(Cc2cc3c4ccccc4n(CCCc4ccccc4)c3c(CN3CCN(C)CC3)n2)CC1. The van der Waals surface area contributed by atoms with Crippen LogP contribution in [-0.4, -0.2) is 95.6 Å². The molecule has 2 aromatic carbocycles. The van der Waals surface area contributed by atoms with Crippen molar-refractivity contribution < 1.29 is 0 Å². The van der Waals surface area contributed by atoms with Crippen LogP contribution in [0.3, 0.4) is 0 Å². The first-order valence-corrected chi connectivity index (χ1v) is 14.4. The zero-order chi connectivity index (χ0) is 25.9. The van der Waals surface area contributed by atoms with Crippen LogP contribution in [0.2, 0.25) is 0 Å². The molecule has 6 heteroatoms. The van der Waals surface area contributed by atoms with E-state index in [1.807, 2.05) is 0 Å². The Kier molecular flexibility index (Phi) is 7.75. The predicted octanol–water partition coefficient (Wildman–Crippen LogP) is 4.32. The van der Waals surface area contributed by atoms with Crippen molar-refractivity contribution in [3.8, 4) is 0 Å². The highest BCUT2D eigenvalue weighted by Crippen LogP contribution is 2.33. The summed E-state index contributed by atoms with van der Waals surface area (Å²) in [6.07, 6.45) is 2.21. The molecule has 2 saturated heterocycles. The average Bonchev–Trinajstić information content (AvgIpc) is 3.26. The van der Waals surface area contributed by atoms with Gasteiger partial charge in [0.15, 0.2) is 0 Å². The van der Waals surface area contributed by atoms with E-state index in [0.717, 1.165) is 84.8 Å². The van der Waals surface area contributed by atoms with E-state index in [9.17, 15) is 0 Å². The van der Waals surface area contributed by atoms with Crippen molar-refractivity contribution in [2.45, 2.75) is 32.5 Å². The largest absolute Gasteiger partial charge is 0.339 e. The van der Waals surface area contributed by atoms with Crippen molar-refractivity contribution in [1.29, 1.82) is 0 Å². The van der Waals surface area contributed by atoms with Crippen LogP contribution in [0.1, 0.15) is 23.4 Å². The molecule has 2 fully saturated rings. The Morgan fingerprint density at radius 1 is 0.684 bits per heavy atom. The highest BCUT2D eigenvalue weighted by atomic mass is 15.3. The zero-order valence-corrected chi connectivity index (χ0v) is 23.1. The number of aromatic nitrogens is 2. The molecule has 0 N–H and O–H groups in total. The van der Waals surface area contributed by atoms with Crippen molar-refractivity contribution in [3.63, 3.8) is 0 Å². The molecule has 0 bridgehead atoms. The lowest BCUT2D eigenvalue weighted by Crippen LogP contribution is -2.44. The summed E-state index contributed by atoms with van der Waals surface area (Å²) < 4.78 is 2.58. The van der Waals surface area contributed by atoms with Gasteiger partial charge in [-0.2, -0.15) is 0 Å². The van der Waals surface area contributed by atoms with Crippen LogP contribution >= 0.6 is 0 Å². The molecule has 6 rings (SSSR count). The second-order valence-corrected chi connectivity index (χ2v) is 11.4. The van der Waals surface area contributed by atoms with Crippen LogP contribution in [0.4, 0.5) is 0 Å². The second-order valence-electron chi connectivity index (χ2n) is 11.4. The Labute approximate surface area is 227 Å². The van der Waals surface area contributed by atoms with Crippen molar-refractivity contribution >= 4 is 21.8 Å². The Balaban J connectivity index is 1.37. The molecule has 6 nitrogen and oxygen atoms in total. The highest BCUT2D eigenvalue weighted by Gasteiger charge is 2.22. The van der Waals surface area contributed by atoms with Crippen molar-refractivity contribution in [2.24, 2.45) is 0 Å². The molecule has 38 heavy (non-hydrogen) atoms. The normalized spacial score (nSPS) is 18.6. The van der Waals surface area contributed by atoms with Gasteiger partial charge >= 0.3 is 0 Å². The van der Waals surface area contributed by atoms with Gasteiger partial charge in [0.25, 0.3) is 0 Å². The topological polar surface area (TPSA) is 30.8 Å². The van der Waals surface area contributed by atoms with Crippen LogP contribution in [-0.2, 0) is 26.1 Å². The van der Waals surface area contributed by atoms with Crippen LogP contribution in [0.25, 0.3) is 21.8 Å². The van der Waals surface area contributed by atoms with E-state index >= 15 is 0 Å². The summed E-state index contributed by atoms with van der Waals surface area (Å²) >= 11 is 0. The number of likely N-dealkylation sites (N-methyl/N-ethyl adjacent to an activating group) is 2. The first kappa shape index (κ1) is 25.5. The van der Waals surface area contributed by atoms with E-state index in [1.165, 1.54) is 38.8 Å². The maximum absolute atomic E-state index is 5.42. The molecule has 0 saturated carbocycles. The number of rotatable bonds is 8. The standard InChI is InChI=1S/C32H42N6/c1-34-15-19-36(20-16-34)24-27-23-29-28-12-6-7-13-31(28)38(14-8-11-26-9-4-3-5-10-26)32(29)30(33-27)25-37-21-17-35(2)18-22-37/h3-7,9-10,12-13,23H,8,11,14-22,24-25H2,1-2H3. The quantitative estimate of drug-likeness (QED) is 0.352. The molecule has 200 valence electrons. The Morgan fingerprint density at radius 2 is 1.32 bits per heavy atom. The maximum Gasteiger partial charge on any atom is 0.0790 e. The van der Waals surface area contributed by atoms with E-state index in [1.54, 1.807) is 0 Å². The third-order valence-electron chi connectivity index (χ3n) is 8.51. The molecular formula is C32H42N6. The van der Waals surface area contributed by atoms with E-state index in [2.05, 4.69) is 98.9 Å². The Bertz CT molecular complexity index is 1350. The molecule has 0 aliphatic carbocycles. The number of piperazine rings is 2. The molecular weight excluding hydrogens is 468 g/mol. The Hall–Kier alpha value is -2.77. The van der Waals surface area contributed by atoms with E-state index in [0.29, 0.717) is 0 Å². The molecule has 0 radical (unpaired) electrons. The summed E-state index contributed by atoms with van der Waals surface area (Å²) in [6.45, 7) is 11.9. The van der Waals surface area contributed by atoms with Gasteiger partial charge < -0.3 is 14.4 Å². The van der Waals surface area contributed by atoms with Gasteiger partial charge in [-0.3, -0.25) is 14.8 Å². The molecule has 2 aromatic heterocycles. The minimum atomic E-state index is 0.927. The third kappa shape index (κ3) is 5.64. The summed E-state index contributed by atoms with van der Waals surface area (Å²) in [5, 5.41) is 2.74. The molecule has 2 aliphatic rings. The van der Waals surface area contributed by atoms with Gasteiger partial charge in [0, 0.05) is 88.3 Å². The maximum atomic E-state index is 5.42. The number of hydrogen-bond donors (Lipinski definition) is 0. The minimum absolute atomic E-state index is 0.927. The predicted molar refractivity (Wildman–Crippen MR) is 158 cm³/mol. The van der Waals surface area contributed by atoms with Gasteiger partial charge in [0.2, 0.25) is 0 Å². The van der Waals surface area contributed by atoms with Gasteiger partial charge in [-0.15, -0.1) is 0 Å². The lowest BCUT2D eigenvalue weighted by molar-refractivity contribution is 0.144. The first-order valence-electron chi connectivity index (χ1n) is 14.4. The monoisotopic (exact) mass is 510 g/mol. The number of pyridine rings is 1. The second kappa shape index (κ2) is 11.5. The number of aryl methyl sites for hydroxylation is 2. The Morgan fingerprint density at radius 3 is 2.03 bits per heavy atom. The number of nitrogens with zero attached hydrogens (tertiary/aromatic N) is 6. The lowest BCUT2D eigenvalue weighted by atomic mass is 10.1. The van der Waals surface area contributed by atoms with E-state index < -0.39 is 0 Å². The molecule has 0 amide bonds. The molecule has 0 atom stereocenters. The fourth-order valence-corrected chi connectivity index (χ4v) is 6.18. The molecule has 0 unspecified atom stereocenters. The van der Waals surface area contributed by atoms with Gasteiger partial charge in [0.05, 0.1) is 16.9 Å². The number of fused-ring (bicyclic) bond motifs is 3. The fourth-order valence-electron chi connectivity index (χ4n) is 6.18. The summed E-state index contributed by atoms with van der Waals surface area (Å²) in [5.74, 6) is 0. The summed E-state index contributed by atoms with van der Waals surface area (Å²) in [6, 6.07) is 22.3. The van der Waals surface area contributed by atoms with Crippen LogP contribution < -0.4 is 0 Å². The number of para-hydroxylation sites is 1. The third-order valence-corrected chi connectivity index (χ3v) is 8.51. The average molecular weight is 511 g/mol. The summed E-state index contributed by atoms with van der Waals surface area (Å²) in [4.78, 5) is 15.5. The van der Waals surface area contributed by atoms with Crippen LogP contribution in [0, 0.1) is 0 Å². The van der Waals surface area contributed by atoms with E-state index in [-0.39, 0.29) is 0 Å². The van der Waals surface area contributed by atoms with Crippen LogP contribution in [0.5, 0.6) is 0 Å². The lowest BCUT2D eigenvalue weighted by Gasteiger charge is -2.33. The molecule has 4 aromatic rings. The smallest absolute Gasteiger partial charge is 0.0790 e. The molecule has 4 heterocycles. The summed E-state index contributed by atoms with van der Waals surface area (Å²) in [5.41, 5.74) is 6.58.